The van der Waals surface area contributed by atoms with Crippen molar-refractivity contribution in [1.29, 1.82) is 0 Å². The normalized spacial score (nSPS) is 10.8. The number of para-hydroxylation sites is 2. The van der Waals surface area contributed by atoms with E-state index in [1.54, 1.807) is 4.57 Å². The highest BCUT2D eigenvalue weighted by atomic mass is 16.1. The molecule has 0 aliphatic rings. The molecule has 0 aliphatic carbocycles. The summed E-state index contributed by atoms with van der Waals surface area (Å²) < 4.78 is 1.80. The summed E-state index contributed by atoms with van der Waals surface area (Å²) in [5.41, 5.74) is 3.63. The van der Waals surface area contributed by atoms with Crippen LogP contribution >= 0.6 is 0 Å². The van der Waals surface area contributed by atoms with E-state index in [1.165, 1.54) is 0 Å². The van der Waals surface area contributed by atoms with Crippen molar-refractivity contribution in [1.82, 2.24) is 4.57 Å². The van der Waals surface area contributed by atoms with Crippen LogP contribution < -0.4 is 10.9 Å². The molecule has 0 unspecified atom stereocenters. The van der Waals surface area contributed by atoms with Crippen molar-refractivity contribution < 1.29 is 0 Å². The van der Waals surface area contributed by atoms with Crippen LogP contribution in [0.2, 0.25) is 0 Å². The molecule has 0 saturated carbocycles. The first-order chi connectivity index (χ1) is 10.3. The van der Waals surface area contributed by atoms with Crippen LogP contribution in [-0.2, 0) is 6.42 Å². The van der Waals surface area contributed by atoms with Gasteiger partial charge in [-0.2, -0.15) is 0 Å². The lowest BCUT2D eigenvalue weighted by Crippen LogP contribution is -2.24. The van der Waals surface area contributed by atoms with Crippen molar-refractivity contribution >= 4 is 16.6 Å². The number of rotatable bonds is 3. The van der Waals surface area contributed by atoms with Crippen molar-refractivity contribution in [2.24, 2.45) is 0 Å². The summed E-state index contributed by atoms with van der Waals surface area (Å²) in [7, 11) is 1.87. The zero-order chi connectivity index (χ0) is 14.8. The standard InChI is InChI=1S/C18H18N2O/c1-3-14-17(19-2)15-11-7-8-12-16(15)20(18(14)21)13-9-5-4-6-10-13/h4-12,19H,3H2,1-2H3. The van der Waals surface area contributed by atoms with Gasteiger partial charge in [0, 0.05) is 23.7 Å². The summed E-state index contributed by atoms with van der Waals surface area (Å²) in [6.07, 6.45) is 0.701. The molecule has 2 aromatic carbocycles. The van der Waals surface area contributed by atoms with E-state index in [-0.39, 0.29) is 5.56 Å². The minimum atomic E-state index is 0.0479. The molecule has 0 radical (unpaired) electrons. The predicted molar refractivity (Wildman–Crippen MR) is 88.5 cm³/mol. The molecule has 21 heavy (non-hydrogen) atoms. The topological polar surface area (TPSA) is 34.0 Å². The number of anilines is 1. The zero-order valence-corrected chi connectivity index (χ0v) is 12.3. The van der Waals surface area contributed by atoms with E-state index in [0.717, 1.165) is 27.8 Å². The van der Waals surface area contributed by atoms with E-state index in [4.69, 9.17) is 0 Å². The number of aromatic nitrogens is 1. The lowest BCUT2D eigenvalue weighted by atomic mass is 10.1. The molecule has 0 spiro atoms. The molecule has 0 atom stereocenters. The van der Waals surface area contributed by atoms with Crippen molar-refractivity contribution in [3.05, 3.63) is 70.5 Å². The SMILES string of the molecule is CCc1c(NC)c2ccccc2n(-c2ccccc2)c1=O. The smallest absolute Gasteiger partial charge is 0.260 e. The molecule has 1 aromatic heterocycles. The molecule has 1 N–H and O–H groups in total. The number of nitrogens with zero attached hydrogens (tertiary/aromatic N) is 1. The number of hydrogen-bond donors (Lipinski definition) is 1. The molecule has 0 aliphatic heterocycles. The summed E-state index contributed by atoms with van der Waals surface area (Å²) in [5.74, 6) is 0. The second-order valence-corrected chi connectivity index (χ2v) is 4.95. The van der Waals surface area contributed by atoms with Gasteiger partial charge in [0.05, 0.1) is 11.2 Å². The molecule has 3 heteroatoms. The molecule has 0 fully saturated rings. The average molecular weight is 278 g/mol. The fraction of sp³-hybridized carbons (Fsp3) is 0.167. The van der Waals surface area contributed by atoms with Gasteiger partial charge in [0.15, 0.2) is 0 Å². The van der Waals surface area contributed by atoms with Gasteiger partial charge in [-0.15, -0.1) is 0 Å². The average Bonchev–Trinajstić information content (AvgIpc) is 2.54. The molecule has 106 valence electrons. The van der Waals surface area contributed by atoms with Crippen LogP contribution in [0.25, 0.3) is 16.6 Å². The second kappa shape index (κ2) is 5.44. The Kier molecular flexibility index (Phi) is 3.48. The van der Waals surface area contributed by atoms with Gasteiger partial charge < -0.3 is 5.32 Å². The van der Waals surface area contributed by atoms with Gasteiger partial charge in [0.2, 0.25) is 0 Å². The predicted octanol–water partition coefficient (Wildman–Crippen LogP) is 3.59. The Morgan fingerprint density at radius 1 is 1.00 bits per heavy atom. The van der Waals surface area contributed by atoms with E-state index < -0.39 is 0 Å². The van der Waals surface area contributed by atoms with Crippen LogP contribution in [0, 0.1) is 0 Å². The molecule has 0 amide bonds. The first-order valence-electron chi connectivity index (χ1n) is 7.17. The summed E-state index contributed by atoms with van der Waals surface area (Å²) in [6.45, 7) is 2.02. The van der Waals surface area contributed by atoms with Crippen LogP contribution in [0.3, 0.4) is 0 Å². The molecule has 3 nitrogen and oxygen atoms in total. The highest BCUT2D eigenvalue weighted by Gasteiger charge is 2.15. The number of benzene rings is 2. The summed E-state index contributed by atoms with van der Waals surface area (Å²) >= 11 is 0. The van der Waals surface area contributed by atoms with Crippen LogP contribution in [0.5, 0.6) is 0 Å². The van der Waals surface area contributed by atoms with E-state index in [9.17, 15) is 4.79 Å². The first kappa shape index (κ1) is 13.4. The Bertz CT molecular complexity index is 835. The van der Waals surface area contributed by atoms with Crippen molar-refractivity contribution in [2.45, 2.75) is 13.3 Å². The highest BCUT2D eigenvalue weighted by Crippen LogP contribution is 2.26. The van der Waals surface area contributed by atoms with Crippen molar-refractivity contribution in [2.75, 3.05) is 12.4 Å². The zero-order valence-electron chi connectivity index (χ0n) is 12.3. The molecule has 3 aromatic rings. The van der Waals surface area contributed by atoms with Gasteiger partial charge in [-0.3, -0.25) is 9.36 Å². The second-order valence-electron chi connectivity index (χ2n) is 4.95. The Morgan fingerprint density at radius 3 is 2.33 bits per heavy atom. The van der Waals surface area contributed by atoms with E-state index in [2.05, 4.69) is 11.4 Å². The summed E-state index contributed by atoms with van der Waals surface area (Å²) in [5, 5.41) is 4.27. The fourth-order valence-electron chi connectivity index (χ4n) is 2.84. The quantitative estimate of drug-likeness (QED) is 0.794. The van der Waals surface area contributed by atoms with Gasteiger partial charge in [-0.25, -0.2) is 0 Å². The molecule has 1 heterocycles. The maximum absolute atomic E-state index is 12.9. The van der Waals surface area contributed by atoms with Crippen molar-refractivity contribution in [3.8, 4) is 5.69 Å². The van der Waals surface area contributed by atoms with Gasteiger partial charge in [0.1, 0.15) is 0 Å². The fourth-order valence-corrected chi connectivity index (χ4v) is 2.84. The lowest BCUT2D eigenvalue weighted by molar-refractivity contribution is 0.980. The number of nitrogens with one attached hydrogen (secondary N) is 1. The molecule has 0 bridgehead atoms. The molecule has 3 rings (SSSR count). The minimum Gasteiger partial charge on any atom is -0.387 e. The molecule has 0 saturated heterocycles. The molecular weight excluding hydrogens is 260 g/mol. The van der Waals surface area contributed by atoms with Gasteiger partial charge >= 0.3 is 0 Å². The largest absolute Gasteiger partial charge is 0.387 e. The van der Waals surface area contributed by atoms with Crippen LogP contribution in [0.4, 0.5) is 5.69 Å². The van der Waals surface area contributed by atoms with E-state index in [0.29, 0.717) is 6.42 Å². The van der Waals surface area contributed by atoms with Crippen molar-refractivity contribution in [3.63, 3.8) is 0 Å². The van der Waals surface area contributed by atoms with Crippen LogP contribution in [-0.4, -0.2) is 11.6 Å². The monoisotopic (exact) mass is 278 g/mol. The van der Waals surface area contributed by atoms with Gasteiger partial charge in [-0.05, 0) is 24.6 Å². The molecular formula is C18H18N2O. The first-order valence-corrected chi connectivity index (χ1v) is 7.17. The summed E-state index contributed by atoms with van der Waals surface area (Å²) in [4.78, 5) is 12.9. The van der Waals surface area contributed by atoms with E-state index in [1.807, 2.05) is 62.5 Å². The maximum atomic E-state index is 12.9. The third-order valence-electron chi connectivity index (χ3n) is 3.80. The Labute approximate surface area is 123 Å². The van der Waals surface area contributed by atoms with Gasteiger partial charge in [-0.1, -0.05) is 43.3 Å². The minimum absolute atomic E-state index is 0.0479. The van der Waals surface area contributed by atoms with Crippen LogP contribution in [0.15, 0.2) is 59.4 Å². The Morgan fingerprint density at radius 2 is 1.67 bits per heavy atom. The maximum Gasteiger partial charge on any atom is 0.260 e. The number of pyridine rings is 1. The Hall–Kier alpha value is -2.55. The van der Waals surface area contributed by atoms with Crippen LogP contribution in [0.1, 0.15) is 12.5 Å². The highest BCUT2D eigenvalue weighted by molar-refractivity contribution is 5.94. The third kappa shape index (κ3) is 2.11. The summed E-state index contributed by atoms with van der Waals surface area (Å²) in [6, 6.07) is 17.8. The lowest BCUT2D eigenvalue weighted by Gasteiger charge is -2.17. The third-order valence-corrected chi connectivity index (χ3v) is 3.80. The van der Waals surface area contributed by atoms with Gasteiger partial charge in [0.25, 0.3) is 5.56 Å². The number of fused-ring (bicyclic) bond motifs is 1. The van der Waals surface area contributed by atoms with E-state index >= 15 is 0 Å². The Balaban J connectivity index is 2.50. The number of hydrogen-bond acceptors (Lipinski definition) is 2.